The molecule has 2 unspecified atom stereocenters. The smallest absolute Gasteiger partial charge is 0.228 e. The molecule has 1 N–H and O–H groups in total. The summed E-state index contributed by atoms with van der Waals surface area (Å²) >= 11 is 0. The summed E-state index contributed by atoms with van der Waals surface area (Å²) in [5, 5.41) is 7.92. The summed E-state index contributed by atoms with van der Waals surface area (Å²) < 4.78 is 59.5. The Morgan fingerprint density at radius 1 is 1.00 bits per heavy atom. The van der Waals surface area contributed by atoms with Gasteiger partial charge < -0.3 is 29.0 Å². The van der Waals surface area contributed by atoms with Crippen LogP contribution in [0.2, 0.25) is 0 Å². The van der Waals surface area contributed by atoms with Gasteiger partial charge in [0.1, 0.15) is 18.2 Å². The number of rotatable bonds is 11. The average molecular weight is 560 g/mol. The van der Waals surface area contributed by atoms with Crippen molar-refractivity contribution in [2.24, 2.45) is 0 Å². The van der Waals surface area contributed by atoms with Crippen LogP contribution in [0.25, 0.3) is 0 Å². The second-order valence-corrected chi connectivity index (χ2v) is 9.75. The molecule has 12 heteroatoms. The molecule has 2 aliphatic heterocycles. The van der Waals surface area contributed by atoms with Gasteiger partial charge in [0.2, 0.25) is 5.95 Å². The quantitative estimate of drug-likeness (QED) is 0.322. The fourth-order valence-electron chi connectivity index (χ4n) is 4.75. The molecule has 2 saturated heterocycles. The monoisotopic (exact) mass is 559 g/mol. The van der Waals surface area contributed by atoms with Gasteiger partial charge in [-0.2, -0.15) is 5.10 Å². The largest absolute Gasteiger partial charge is 0.494 e. The highest BCUT2D eigenvalue weighted by Gasteiger charge is 2.23. The van der Waals surface area contributed by atoms with Crippen molar-refractivity contribution >= 4 is 11.8 Å². The van der Waals surface area contributed by atoms with Gasteiger partial charge in [-0.3, -0.25) is 0 Å². The predicted molar refractivity (Wildman–Crippen MR) is 141 cm³/mol. The summed E-state index contributed by atoms with van der Waals surface area (Å²) in [7, 11) is 1.34. The Bertz CT molecular complexity index is 1230. The second-order valence-electron chi connectivity index (χ2n) is 9.75. The summed E-state index contributed by atoms with van der Waals surface area (Å²) in [6, 6.07) is 3.25. The SMILES string of the molecule is CCc1cc(OC)c(F)c(COc2cnc(Nc3cc(COC4CCCCO4)nn3C3CCCCO3)nc2)c1F. The molecule has 2 aliphatic rings. The molecule has 5 rings (SSSR count). The summed E-state index contributed by atoms with van der Waals surface area (Å²) in [5.74, 6) is -0.230. The molecule has 2 fully saturated rings. The third kappa shape index (κ3) is 6.68. The van der Waals surface area contributed by atoms with E-state index >= 15 is 0 Å². The van der Waals surface area contributed by atoms with Crippen LogP contribution in [0.5, 0.6) is 11.5 Å². The number of aryl methyl sites for hydroxylation is 1. The van der Waals surface area contributed by atoms with Crippen LogP contribution in [0.3, 0.4) is 0 Å². The van der Waals surface area contributed by atoms with Crippen molar-refractivity contribution in [1.82, 2.24) is 19.7 Å². The van der Waals surface area contributed by atoms with Crippen molar-refractivity contribution in [1.29, 1.82) is 0 Å². The van der Waals surface area contributed by atoms with E-state index in [1.807, 2.05) is 6.07 Å². The lowest BCUT2D eigenvalue weighted by molar-refractivity contribution is -0.169. The first-order chi connectivity index (χ1) is 19.6. The van der Waals surface area contributed by atoms with Crippen molar-refractivity contribution in [3.63, 3.8) is 0 Å². The molecule has 4 heterocycles. The number of methoxy groups -OCH3 is 1. The van der Waals surface area contributed by atoms with Crippen molar-refractivity contribution in [2.45, 2.75) is 77.6 Å². The zero-order valence-electron chi connectivity index (χ0n) is 22.8. The number of ether oxygens (including phenoxy) is 5. The Morgan fingerprint density at radius 3 is 2.45 bits per heavy atom. The maximum atomic E-state index is 14.8. The van der Waals surface area contributed by atoms with Crippen molar-refractivity contribution in [2.75, 3.05) is 25.6 Å². The van der Waals surface area contributed by atoms with E-state index in [2.05, 4.69) is 15.3 Å². The van der Waals surface area contributed by atoms with Crippen LogP contribution in [0.4, 0.5) is 20.5 Å². The highest BCUT2D eigenvalue weighted by Crippen LogP contribution is 2.30. The van der Waals surface area contributed by atoms with E-state index in [-0.39, 0.29) is 36.2 Å². The molecular formula is C28H35F2N5O5. The topological polar surface area (TPSA) is 102 Å². The Labute approximate surface area is 232 Å². The molecule has 0 saturated carbocycles. The van der Waals surface area contributed by atoms with Crippen molar-refractivity contribution in [3.8, 4) is 11.5 Å². The Balaban J connectivity index is 1.26. The summed E-state index contributed by atoms with van der Waals surface area (Å²) in [4.78, 5) is 8.64. The molecule has 0 bridgehead atoms. The van der Waals surface area contributed by atoms with Gasteiger partial charge in [-0.1, -0.05) is 6.92 Å². The van der Waals surface area contributed by atoms with Crippen molar-refractivity contribution < 1.29 is 32.5 Å². The Hall–Kier alpha value is -3.35. The number of anilines is 2. The minimum atomic E-state index is -0.788. The molecule has 0 radical (unpaired) electrons. The average Bonchev–Trinajstić information content (AvgIpc) is 3.40. The first-order valence-electron chi connectivity index (χ1n) is 13.7. The second kappa shape index (κ2) is 13.3. The third-order valence-electron chi connectivity index (χ3n) is 6.96. The van der Waals surface area contributed by atoms with Gasteiger partial charge in [-0.15, -0.1) is 0 Å². The van der Waals surface area contributed by atoms with Crippen LogP contribution < -0.4 is 14.8 Å². The van der Waals surface area contributed by atoms with Crippen LogP contribution >= 0.6 is 0 Å². The van der Waals surface area contributed by atoms with E-state index in [4.69, 9.17) is 28.8 Å². The number of aromatic nitrogens is 4. The van der Waals surface area contributed by atoms with Gasteiger partial charge in [0, 0.05) is 19.3 Å². The molecule has 1 aromatic carbocycles. The maximum Gasteiger partial charge on any atom is 0.228 e. The molecule has 0 spiro atoms. The number of hydrogen-bond donors (Lipinski definition) is 1. The first-order valence-corrected chi connectivity index (χ1v) is 13.7. The van der Waals surface area contributed by atoms with Crippen LogP contribution in [0.1, 0.15) is 68.5 Å². The zero-order chi connectivity index (χ0) is 27.9. The highest BCUT2D eigenvalue weighted by molar-refractivity contribution is 5.49. The zero-order valence-corrected chi connectivity index (χ0v) is 22.8. The van der Waals surface area contributed by atoms with E-state index in [1.165, 1.54) is 25.6 Å². The van der Waals surface area contributed by atoms with Crippen LogP contribution in [-0.4, -0.2) is 46.4 Å². The van der Waals surface area contributed by atoms with E-state index in [0.29, 0.717) is 43.6 Å². The summed E-state index contributed by atoms with van der Waals surface area (Å²) in [6.45, 7) is 3.14. The van der Waals surface area contributed by atoms with E-state index in [1.54, 1.807) is 11.6 Å². The third-order valence-corrected chi connectivity index (χ3v) is 6.96. The molecule has 40 heavy (non-hydrogen) atoms. The first kappa shape index (κ1) is 28.2. The molecular weight excluding hydrogens is 524 g/mol. The minimum Gasteiger partial charge on any atom is -0.494 e. The Kier molecular flexibility index (Phi) is 9.40. The fourth-order valence-corrected chi connectivity index (χ4v) is 4.75. The van der Waals surface area contributed by atoms with Crippen molar-refractivity contribution in [3.05, 3.63) is 53.0 Å². The van der Waals surface area contributed by atoms with Crippen LogP contribution in [-0.2, 0) is 33.8 Å². The minimum absolute atomic E-state index is 0.0257. The predicted octanol–water partition coefficient (Wildman–Crippen LogP) is 5.59. The molecule has 10 nitrogen and oxygen atoms in total. The Morgan fingerprint density at radius 2 is 1.77 bits per heavy atom. The summed E-state index contributed by atoms with van der Waals surface area (Å²) in [6.07, 6.45) is 8.76. The van der Waals surface area contributed by atoms with Gasteiger partial charge in [0.25, 0.3) is 0 Å². The highest BCUT2D eigenvalue weighted by atomic mass is 19.1. The maximum absolute atomic E-state index is 14.8. The number of hydrogen-bond acceptors (Lipinski definition) is 9. The molecule has 2 aromatic heterocycles. The molecule has 3 aromatic rings. The lowest BCUT2D eigenvalue weighted by atomic mass is 10.1. The standard InChI is InChI=1S/C28H35F2N5O5/c1-3-18-12-22(36-2)27(30)21(26(18)29)17-39-20-14-31-28(32-15-20)33-23-13-19(16-40-25-9-5-7-11-38-25)34-35(23)24-8-4-6-10-37-24/h12-15,24-25H,3-11,16-17H2,1-2H3,(H,31,32,33). The number of nitrogens with zero attached hydrogens (tertiary/aromatic N) is 4. The number of nitrogens with one attached hydrogen (secondary N) is 1. The number of benzene rings is 1. The number of halogens is 2. The van der Waals surface area contributed by atoms with Crippen LogP contribution in [0.15, 0.2) is 24.5 Å². The molecule has 216 valence electrons. The lowest BCUT2D eigenvalue weighted by Crippen LogP contribution is -2.22. The summed E-state index contributed by atoms with van der Waals surface area (Å²) in [5.41, 5.74) is 0.880. The van der Waals surface area contributed by atoms with Gasteiger partial charge >= 0.3 is 0 Å². The molecule has 2 atom stereocenters. The van der Waals surface area contributed by atoms with E-state index in [0.717, 1.165) is 44.2 Å². The fraction of sp³-hybridized carbons (Fsp3) is 0.536. The van der Waals surface area contributed by atoms with E-state index in [9.17, 15) is 8.78 Å². The van der Waals surface area contributed by atoms with Crippen LogP contribution in [0, 0.1) is 11.6 Å². The lowest BCUT2D eigenvalue weighted by Gasteiger charge is -2.24. The van der Waals surface area contributed by atoms with Gasteiger partial charge in [0.05, 0.1) is 37.4 Å². The molecule has 0 amide bonds. The molecule has 0 aliphatic carbocycles. The van der Waals surface area contributed by atoms with E-state index < -0.39 is 11.6 Å². The van der Waals surface area contributed by atoms with Gasteiger partial charge in [-0.05, 0) is 56.6 Å². The normalized spacial score (nSPS) is 19.4. The van der Waals surface area contributed by atoms with Gasteiger partial charge in [-0.25, -0.2) is 23.4 Å². The van der Waals surface area contributed by atoms with Gasteiger partial charge in [0.15, 0.2) is 29.8 Å².